The molecular formula is C23H29N4OS+. The normalized spacial score (nSPS) is 16.1. The zero-order chi connectivity index (χ0) is 20.2. The molecule has 2 N–H and O–H groups in total. The van der Waals surface area contributed by atoms with Gasteiger partial charge in [-0.05, 0) is 55.2 Å². The fourth-order valence-electron chi connectivity index (χ4n) is 3.82. The van der Waals surface area contributed by atoms with Crippen molar-refractivity contribution in [2.45, 2.75) is 26.3 Å². The second kappa shape index (κ2) is 8.93. The van der Waals surface area contributed by atoms with E-state index < -0.39 is 0 Å². The SMILES string of the molecule is CC1CCN(c2ccc(NC(=O)C[NH+](C)Cc3nc4ccccc4s3)cc2)CC1. The van der Waals surface area contributed by atoms with Gasteiger partial charge in [-0.25, -0.2) is 4.98 Å². The van der Waals surface area contributed by atoms with Crippen LogP contribution in [0.15, 0.2) is 48.5 Å². The molecule has 6 heteroatoms. The van der Waals surface area contributed by atoms with Gasteiger partial charge in [-0.2, -0.15) is 0 Å². The van der Waals surface area contributed by atoms with E-state index in [1.165, 1.54) is 23.2 Å². The van der Waals surface area contributed by atoms with E-state index >= 15 is 0 Å². The number of hydrogen-bond donors (Lipinski definition) is 2. The van der Waals surface area contributed by atoms with Gasteiger partial charge in [-0.15, -0.1) is 11.3 Å². The van der Waals surface area contributed by atoms with E-state index in [4.69, 9.17) is 0 Å². The third-order valence-electron chi connectivity index (χ3n) is 5.55. The molecule has 29 heavy (non-hydrogen) atoms. The van der Waals surface area contributed by atoms with Gasteiger partial charge in [0.2, 0.25) is 0 Å². The Hall–Kier alpha value is -2.44. The van der Waals surface area contributed by atoms with Crippen LogP contribution in [0.25, 0.3) is 10.2 Å². The lowest BCUT2D eigenvalue weighted by atomic mass is 9.99. The molecule has 1 amide bonds. The van der Waals surface area contributed by atoms with Gasteiger partial charge >= 0.3 is 0 Å². The predicted octanol–water partition coefficient (Wildman–Crippen LogP) is 3.19. The average molecular weight is 410 g/mol. The number of rotatable bonds is 6. The fourth-order valence-corrected chi connectivity index (χ4v) is 4.90. The zero-order valence-electron chi connectivity index (χ0n) is 17.1. The first-order chi connectivity index (χ1) is 14.1. The van der Waals surface area contributed by atoms with Gasteiger partial charge in [-0.1, -0.05) is 19.1 Å². The lowest BCUT2D eigenvalue weighted by Gasteiger charge is -2.32. The average Bonchev–Trinajstić information content (AvgIpc) is 3.11. The van der Waals surface area contributed by atoms with E-state index in [0.29, 0.717) is 6.54 Å². The van der Waals surface area contributed by atoms with Crippen LogP contribution in [0.2, 0.25) is 0 Å². The Bertz CT molecular complexity index is 927. The largest absolute Gasteiger partial charge is 0.372 e. The van der Waals surface area contributed by atoms with Crippen molar-refractivity contribution in [3.05, 3.63) is 53.5 Å². The van der Waals surface area contributed by atoms with Crippen molar-refractivity contribution in [2.75, 3.05) is 36.9 Å². The fraction of sp³-hybridized carbons (Fsp3) is 0.391. The Morgan fingerprint density at radius 3 is 2.62 bits per heavy atom. The number of benzene rings is 2. The minimum absolute atomic E-state index is 0.0307. The van der Waals surface area contributed by atoms with Crippen molar-refractivity contribution in [1.82, 2.24) is 4.98 Å². The van der Waals surface area contributed by atoms with Crippen LogP contribution in [0, 0.1) is 5.92 Å². The van der Waals surface area contributed by atoms with Gasteiger partial charge in [0.15, 0.2) is 6.54 Å². The number of thiazole rings is 1. The number of carbonyl (C=O) groups excluding carboxylic acids is 1. The number of para-hydroxylation sites is 1. The predicted molar refractivity (Wildman–Crippen MR) is 121 cm³/mol. The molecule has 1 atom stereocenters. The number of piperidine rings is 1. The number of anilines is 2. The van der Waals surface area contributed by atoms with Crippen LogP contribution >= 0.6 is 11.3 Å². The molecule has 0 radical (unpaired) electrons. The number of carbonyl (C=O) groups is 1. The van der Waals surface area contributed by atoms with Crippen LogP contribution in [0.4, 0.5) is 11.4 Å². The van der Waals surface area contributed by atoms with E-state index in [-0.39, 0.29) is 5.91 Å². The highest BCUT2D eigenvalue weighted by molar-refractivity contribution is 7.18. The first kappa shape index (κ1) is 19.9. The second-order valence-corrected chi connectivity index (χ2v) is 9.27. The number of amides is 1. The van der Waals surface area contributed by atoms with Crippen molar-refractivity contribution in [1.29, 1.82) is 0 Å². The number of likely N-dealkylation sites (N-methyl/N-ethyl adjacent to an activating group) is 1. The summed E-state index contributed by atoms with van der Waals surface area (Å²) in [6.07, 6.45) is 2.50. The van der Waals surface area contributed by atoms with Gasteiger partial charge in [-0.3, -0.25) is 4.79 Å². The molecule has 1 aliphatic rings. The molecule has 2 heterocycles. The molecule has 2 aromatic carbocycles. The summed E-state index contributed by atoms with van der Waals surface area (Å²) in [5.41, 5.74) is 3.14. The minimum atomic E-state index is 0.0307. The lowest BCUT2D eigenvalue weighted by Crippen LogP contribution is -3.08. The summed E-state index contributed by atoms with van der Waals surface area (Å²) in [4.78, 5) is 20.7. The summed E-state index contributed by atoms with van der Waals surface area (Å²) >= 11 is 1.70. The van der Waals surface area contributed by atoms with Gasteiger partial charge in [0.1, 0.15) is 11.6 Å². The lowest BCUT2D eigenvalue weighted by molar-refractivity contribution is -0.885. The van der Waals surface area contributed by atoms with Gasteiger partial charge in [0, 0.05) is 24.5 Å². The van der Waals surface area contributed by atoms with Crippen molar-refractivity contribution >= 4 is 38.8 Å². The molecule has 4 rings (SSSR count). The number of nitrogens with one attached hydrogen (secondary N) is 2. The number of hydrogen-bond acceptors (Lipinski definition) is 4. The molecule has 1 saturated heterocycles. The van der Waals surface area contributed by atoms with Gasteiger partial charge < -0.3 is 15.1 Å². The summed E-state index contributed by atoms with van der Waals surface area (Å²) < 4.78 is 1.20. The first-order valence-electron chi connectivity index (χ1n) is 10.4. The highest BCUT2D eigenvalue weighted by Crippen LogP contribution is 2.24. The van der Waals surface area contributed by atoms with Crippen molar-refractivity contribution < 1.29 is 9.69 Å². The van der Waals surface area contributed by atoms with E-state index in [1.807, 2.05) is 37.4 Å². The van der Waals surface area contributed by atoms with Gasteiger partial charge in [0.25, 0.3) is 5.91 Å². The topological polar surface area (TPSA) is 49.7 Å². The Labute approximate surface area is 176 Å². The number of nitrogens with zero attached hydrogens (tertiary/aromatic N) is 2. The molecule has 1 aromatic heterocycles. The molecule has 5 nitrogen and oxygen atoms in total. The Morgan fingerprint density at radius 2 is 1.90 bits per heavy atom. The third kappa shape index (κ3) is 5.14. The summed E-state index contributed by atoms with van der Waals surface area (Å²) in [6.45, 7) is 5.73. The number of aromatic nitrogens is 1. The monoisotopic (exact) mass is 409 g/mol. The van der Waals surface area contributed by atoms with Gasteiger partial charge in [0.05, 0.1) is 17.3 Å². The quantitative estimate of drug-likeness (QED) is 0.657. The van der Waals surface area contributed by atoms with Crippen LogP contribution in [-0.4, -0.2) is 37.6 Å². The Balaban J connectivity index is 1.28. The van der Waals surface area contributed by atoms with Crippen molar-refractivity contribution in [3.8, 4) is 0 Å². The van der Waals surface area contributed by atoms with Crippen LogP contribution in [0.3, 0.4) is 0 Å². The number of quaternary nitrogens is 1. The van der Waals surface area contributed by atoms with Crippen LogP contribution < -0.4 is 15.1 Å². The zero-order valence-corrected chi connectivity index (χ0v) is 18.0. The summed E-state index contributed by atoms with van der Waals surface area (Å²) in [6, 6.07) is 16.4. The third-order valence-corrected chi connectivity index (χ3v) is 6.59. The molecule has 1 aliphatic heterocycles. The highest BCUT2D eigenvalue weighted by Gasteiger charge is 2.17. The maximum atomic E-state index is 12.4. The summed E-state index contributed by atoms with van der Waals surface area (Å²) in [5.74, 6) is 0.857. The molecule has 3 aromatic rings. The Morgan fingerprint density at radius 1 is 1.17 bits per heavy atom. The second-order valence-electron chi connectivity index (χ2n) is 8.15. The van der Waals surface area contributed by atoms with E-state index in [9.17, 15) is 4.79 Å². The minimum Gasteiger partial charge on any atom is -0.372 e. The van der Waals surface area contributed by atoms with E-state index in [2.05, 4.69) is 40.3 Å². The molecule has 0 spiro atoms. The van der Waals surface area contributed by atoms with Crippen LogP contribution in [-0.2, 0) is 11.3 Å². The molecule has 1 fully saturated rings. The maximum absolute atomic E-state index is 12.4. The maximum Gasteiger partial charge on any atom is 0.279 e. The van der Waals surface area contributed by atoms with Crippen LogP contribution in [0.1, 0.15) is 24.8 Å². The van der Waals surface area contributed by atoms with Crippen LogP contribution in [0.5, 0.6) is 0 Å². The highest BCUT2D eigenvalue weighted by atomic mass is 32.1. The van der Waals surface area contributed by atoms with E-state index in [0.717, 1.165) is 46.7 Å². The molecule has 0 aliphatic carbocycles. The van der Waals surface area contributed by atoms with Crippen molar-refractivity contribution in [3.63, 3.8) is 0 Å². The molecular weight excluding hydrogens is 380 g/mol. The molecule has 0 saturated carbocycles. The van der Waals surface area contributed by atoms with Crippen molar-refractivity contribution in [2.24, 2.45) is 5.92 Å². The smallest absolute Gasteiger partial charge is 0.279 e. The summed E-state index contributed by atoms with van der Waals surface area (Å²) in [5, 5.41) is 4.09. The summed E-state index contributed by atoms with van der Waals surface area (Å²) in [7, 11) is 2.03. The van der Waals surface area contributed by atoms with E-state index in [1.54, 1.807) is 11.3 Å². The Kier molecular flexibility index (Phi) is 6.11. The first-order valence-corrected chi connectivity index (χ1v) is 11.2. The standard InChI is InChI=1S/C23H28N4OS/c1-17-11-13-27(14-12-17)19-9-7-18(8-10-19)24-22(28)15-26(2)16-23-25-20-5-3-4-6-21(20)29-23/h3-10,17H,11-16H2,1-2H3,(H,24,28)/p+1. The molecule has 152 valence electrons. The molecule has 0 bridgehead atoms. The molecule has 1 unspecified atom stereocenters. The number of fused-ring (bicyclic) bond motifs is 1.